The third kappa shape index (κ3) is 17.1. The highest BCUT2D eigenvalue weighted by Crippen LogP contribution is 1.92. The lowest BCUT2D eigenvalue weighted by Gasteiger charge is -2.08. The van der Waals surface area contributed by atoms with E-state index in [9.17, 15) is 4.79 Å². The molecule has 0 fully saturated rings. The van der Waals surface area contributed by atoms with Gasteiger partial charge in [-0.25, -0.2) is 0 Å². The van der Waals surface area contributed by atoms with Gasteiger partial charge in [0.05, 0.1) is 39.6 Å². The Kier molecular flexibility index (Phi) is 17.1. The first-order valence-corrected chi connectivity index (χ1v) is 8.88. The van der Waals surface area contributed by atoms with Gasteiger partial charge in [-0.15, -0.1) is 0 Å². The number of nitrogens with one attached hydrogen (secondary N) is 2. The fraction of sp³-hybridized carbons (Fsp3) is 0.824. The summed E-state index contributed by atoms with van der Waals surface area (Å²) in [6.45, 7) is 8.64. The highest BCUT2D eigenvalue weighted by molar-refractivity contribution is 5.75. The van der Waals surface area contributed by atoms with Gasteiger partial charge in [-0.2, -0.15) is 0 Å². The molecule has 0 bridgehead atoms. The molecule has 24 heavy (non-hydrogen) atoms. The first kappa shape index (κ1) is 22.7. The highest BCUT2D eigenvalue weighted by Gasteiger charge is 1.98. The quantitative estimate of drug-likeness (QED) is 0.342. The molecule has 0 aromatic rings. The Balaban J connectivity index is 3.14. The summed E-state index contributed by atoms with van der Waals surface area (Å²) >= 11 is 0. The van der Waals surface area contributed by atoms with Gasteiger partial charge in [0.15, 0.2) is 0 Å². The van der Waals surface area contributed by atoms with Crippen molar-refractivity contribution in [1.82, 2.24) is 10.6 Å². The van der Waals surface area contributed by atoms with Crippen molar-refractivity contribution in [2.45, 2.75) is 39.5 Å². The molecule has 1 amide bonds. The van der Waals surface area contributed by atoms with Crippen molar-refractivity contribution >= 4 is 5.91 Å². The number of rotatable bonds is 17. The zero-order chi connectivity index (χ0) is 17.9. The maximum Gasteiger partial charge on any atom is 0.220 e. The Labute approximate surface area is 146 Å². The molecule has 7 heteroatoms. The molecule has 0 spiro atoms. The molecule has 4 N–H and O–H groups in total. The second kappa shape index (κ2) is 18.0. The molecular formula is C17H35N3O4. The molecule has 7 nitrogen and oxygen atoms in total. The molecule has 0 rings (SSSR count). The van der Waals surface area contributed by atoms with Crippen molar-refractivity contribution < 1.29 is 19.0 Å². The van der Waals surface area contributed by atoms with Gasteiger partial charge < -0.3 is 30.6 Å². The molecular weight excluding hydrogens is 310 g/mol. The van der Waals surface area contributed by atoms with E-state index in [0.717, 1.165) is 31.5 Å². The summed E-state index contributed by atoms with van der Waals surface area (Å²) in [5, 5.41) is 5.90. The van der Waals surface area contributed by atoms with Crippen molar-refractivity contribution in [2.75, 3.05) is 52.7 Å². The van der Waals surface area contributed by atoms with Crippen LogP contribution in [0.2, 0.25) is 0 Å². The maximum absolute atomic E-state index is 11.3. The SMILES string of the molecule is CCCCC(=O)NCCOCCOCCOCCN/C=C(\N)CC. The van der Waals surface area contributed by atoms with E-state index in [1.807, 2.05) is 13.1 Å². The number of unbranched alkanes of at least 4 members (excludes halogenated alkanes) is 1. The third-order valence-corrected chi connectivity index (χ3v) is 3.16. The molecule has 0 aliphatic rings. The van der Waals surface area contributed by atoms with E-state index in [2.05, 4.69) is 17.6 Å². The van der Waals surface area contributed by atoms with Gasteiger partial charge in [0.1, 0.15) is 0 Å². The van der Waals surface area contributed by atoms with Crippen LogP contribution in [0.4, 0.5) is 0 Å². The number of carbonyl (C=O) groups excluding carboxylic acids is 1. The van der Waals surface area contributed by atoms with Gasteiger partial charge in [-0.1, -0.05) is 20.3 Å². The summed E-state index contributed by atoms with van der Waals surface area (Å²) in [6.07, 6.45) is 5.21. The van der Waals surface area contributed by atoms with Crippen molar-refractivity contribution in [2.24, 2.45) is 5.73 Å². The molecule has 0 heterocycles. The lowest BCUT2D eigenvalue weighted by atomic mass is 10.2. The van der Waals surface area contributed by atoms with Crippen molar-refractivity contribution in [3.8, 4) is 0 Å². The third-order valence-electron chi connectivity index (χ3n) is 3.16. The van der Waals surface area contributed by atoms with Crippen LogP contribution in [0.25, 0.3) is 0 Å². The second-order valence-corrected chi connectivity index (χ2v) is 5.32. The smallest absolute Gasteiger partial charge is 0.220 e. The minimum Gasteiger partial charge on any atom is -0.401 e. The molecule has 0 saturated carbocycles. The predicted octanol–water partition coefficient (Wildman–Crippen LogP) is 1.14. The van der Waals surface area contributed by atoms with E-state index in [1.54, 1.807) is 0 Å². The summed E-state index contributed by atoms with van der Waals surface area (Å²) in [6, 6.07) is 0. The Morgan fingerprint density at radius 3 is 2.12 bits per heavy atom. The van der Waals surface area contributed by atoms with Crippen LogP contribution in [-0.2, 0) is 19.0 Å². The molecule has 0 aromatic heterocycles. The largest absolute Gasteiger partial charge is 0.401 e. The Hall–Kier alpha value is -1.31. The van der Waals surface area contributed by atoms with E-state index in [4.69, 9.17) is 19.9 Å². The lowest BCUT2D eigenvalue weighted by molar-refractivity contribution is -0.121. The highest BCUT2D eigenvalue weighted by atomic mass is 16.5. The number of hydrogen-bond donors (Lipinski definition) is 3. The summed E-state index contributed by atoms with van der Waals surface area (Å²) in [4.78, 5) is 11.3. The summed E-state index contributed by atoms with van der Waals surface area (Å²) in [5.74, 6) is 0.0937. The zero-order valence-corrected chi connectivity index (χ0v) is 15.3. The second-order valence-electron chi connectivity index (χ2n) is 5.32. The number of hydrogen-bond acceptors (Lipinski definition) is 6. The number of ether oxygens (including phenoxy) is 3. The van der Waals surface area contributed by atoms with Gasteiger partial charge in [0.2, 0.25) is 5.91 Å². The number of carbonyl (C=O) groups is 1. The number of allylic oxidation sites excluding steroid dienone is 1. The van der Waals surface area contributed by atoms with Crippen LogP contribution in [0.15, 0.2) is 11.9 Å². The average molecular weight is 345 g/mol. The number of nitrogens with two attached hydrogens (primary N) is 1. The zero-order valence-electron chi connectivity index (χ0n) is 15.3. The molecule has 0 aromatic carbocycles. The van der Waals surface area contributed by atoms with E-state index in [-0.39, 0.29) is 5.91 Å². The van der Waals surface area contributed by atoms with Gasteiger partial charge in [-0.3, -0.25) is 4.79 Å². The van der Waals surface area contributed by atoms with Crippen LogP contribution in [0.3, 0.4) is 0 Å². The van der Waals surface area contributed by atoms with Crippen molar-refractivity contribution in [3.05, 3.63) is 11.9 Å². The Morgan fingerprint density at radius 1 is 0.958 bits per heavy atom. The molecule has 0 radical (unpaired) electrons. The van der Waals surface area contributed by atoms with E-state index in [0.29, 0.717) is 52.6 Å². The standard InChI is InChI=1S/C17H35N3O4/c1-3-5-6-17(21)20-8-10-23-12-14-24-13-11-22-9-7-19-15-16(18)4-2/h15,19H,3-14,18H2,1-2H3,(H,20,21)/b16-15-. The summed E-state index contributed by atoms with van der Waals surface area (Å²) in [7, 11) is 0. The summed E-state index contributed by atoms with van der Waals surface area (Å²) < 4.78 is 16.2. The maximum atomic E-state index is 11.3. The van der Waals surface area contributed by atoms with Crippen molar-refractivity contribution in [1.29, 1.82) is 0 Å². The fourth-order valence-electron chi connectivity index (χ4n) is 1.67. The van der Waals surface area contributed by atoms with E-state index in [1.165, 1.54) is 0 Å². The molecule has 0 aliphatic heterocycles. The predicted molar refractivity (Wildman–Crippen MR) is 95.6 cm³/mol. The van der Waals surface area contributed by atoms with Crippen LogP contribution in [0.5, 0.6) is 0 Å². The van der Waals surface area contributed by atoms with E-state index >= 15 is 0 Å². The summed E-state index contributed by atoms with van der Waals surface area (Å²) in [5.41, 5.74) is 6.48. The molecule has 142 valence electrons. The van der Waals surface area contributed by atoms with Gasteiger partial charge in [0.25, 0.3) is 0 Å². The number of amides is 1. The fourth-order valence-corrected chi connectivity index (χ4v) is 1.67. The van der Waals surface area contributed by atoms with Crippen LogP contribution in [-0.4, -0.2) is 58.6 Å². The van der Waals surface area contributed by atoms with Gasteiger partial charge in [-0.05, 0) is 12.8 Å². The minimum absolute atomic E-state index is 0.0937. The molecule has 0 saturated heterocycles. The molecule has 0 aliphatic carbocycles. The average Bonchev–Trinajstić information content (AvgIpc) is 2.59. The monoisotopic (exact) mass is 345 g/mol. The first-order valence-electron chi connectivity index (χ1n) is 8.88. The topological polar surface area (TPSA) is 94.8 Å². The van der Waals surface area contributed by atoms with Crippen LogP contribution in [0.1, 0.15) is 39.5 Å². The molecule has 0 atom stereocenters. The normalized spacial score (nSPS) is 11.5. The van der Waals surface area contributed by atoms with Crippen LogP contribution >= 0.6 is 0 Å². The van der Waals surface area contributed by atoms with Gasteiger partial charge >= 0.3 is 0 Å². The Bertz CT molecular complexity index is 325. The minimum atomic E-state index is 0.0937. The Morgan fingerprint density at radius 2 is 1.54 bits per heavy atom. The lowest BCUT2D eigenvalue weighted by Crippen LogP contribution is -2.27. The molecule has 0 unspecified atom stereocenters. The van der Waals surface area contributed by atoms with E-state index < -0.39 is 0 Å². The van der Waals surface area contributed by atoms with Crippen LogP contribution < -0.4 is 16.4 Å². The van der Waals surface area contributed by atoms with Gasteiger partial charge in [0, 0.05) is 31.4 Å². The van der Waals surface area contributed by atoms with Crippen molar-refractivity contribution in [3.63, 3.8) is 0 Å². The first-order chi connectivity index (χ1) is 11.7. The van der Waals surface area contributed by atoms with Crippen LogP contribution in [0, 0.1) is 0 Å².